The number of hydrogen-bond acceptors (Lipinski definition) is 2. The van der Waals surface area contributed by atoms with Gasteiger partial charge in [-0.1, -0.05) is 67.6 Å². The van der Waals surface area contributed by atoms with Gasteiger partial charge in [-0.2, -0.15) is 0 Å². The second kappa shape index (κ2) is 9.27. The molecule has 3 aromatic carbocycles. The predicted molar refractivity (Wildman–Crippen MR) is 121 cm³/mol. The van der Waals surface area contributed by atoms with Gasteiger partial charge >= 0.3 is 0 Å². The van der Waals surface area contributed by atoms with Crippen LogP contribution in [0.25, 0.3) is 11.1 Å². The summed E-state index contributed by atoms with van der Waals surface area (Å²) in [7, 11) is 4.11. The van der Waals surface area contributed by atoms with Crippen LogP contribution in [0, 0.1) is 0 Å². The van der Waals surface area contributed by atoms with Crippen molar-refractivity contribution in [2.45, 2.75) is 20.3 Å². The first-order valence-corrected chi connectivity index (χ1v) is 9.94. The molecule has 0 heterocycles. The highest BCUT2D eigenvalue weighted by Crippen LogP contribution is 2.39. The Bertz CT molecular complexity index is 927. The molecule has 0 amide bonds. The fourth-order valence-electron chi connectivity index (χ4n) is 3.53. The number of allylic oxidation sites excluding steroid dienone is 1. The first kappa shape index (κ1) is 19.8. The molecule has 0 spiro atoms. The molecule has 3 rings (SSSR count). The summed E-state index contributed by atoms with van der Waals surface area (Å²) in [6.07, 6.45) is 0.940. The summed E-state index contributed by atoms with van der Waals surface area (Å²) in [5.74, 6) is 0.925. The zero-order valence-electron chi connectivity index (χ0n) is 17.3. The molecular weight excluding hydrogens is 342 g/mol. The summed E-state index contributed by atoms with van der Waals surface area (Å²) in [5.41, 5.74) is 7.30. The van der Waals surface area contributed by atoms with Crippen molar-refractivity contribution in [2.75, 3.05) is 25.6 Å². The van der Waals surface area contributed by atoms with Crippen molar-refractivity contribution in [1.29, 1.82) is 0 Å². The maximum atomic E-state index is 6.10. The number of ether oxygens (including phenoxy) is 1. The first-order chi connectivity index (χ1) is 13.7. The molecule has 0 aliphatic rings. The summed E-state index contributed by atoms with van der Waals surface area (Å²) in [6.45, 7) is 4.90. The molecule has 0 aliphatic carbocycles. The normalized spacial score (nSPS) is 11.7. The second-order valence-corrected chi connectivity index (χ2v) is 6.95. The molecule has 0 aromatic heterocycles. The molecule has 0 fully saturated rings. The third kappa shape index (κ3) is 4.28. The van der Waals surface area contributed by atoms with Crippen LogP contribution in [0.4, 0.5) is 5.69 Å². The van der Waals surface area contributed by atoms with Gasteiger partial charge in [0.1, 0.15) is 5.75 Å². The topological polar surface area (TPSA) is 12.5 Å². The predicted octanol–water partition coefficient (Wildman–Crippen LogP) is 6.52. The van der Waals surface area contributed by atoms with E-state index < -0.39 is 0 Å². The maximum Gasteiger partial charge on any atom is 0.129 e. The van der Waals surface area contributed by atoms with Crippen molar-refractivity contribution in [3.05, 3.63) is 95.6 Å². The number of hydrogen-bond donors (Lipinski definition) is 0. The van der Waals surface area contributed by atoms with Crippen molar-refractivity contribution in [3.63, 3.8) is 0 Å². The lowest BCUT2D eigenvalue weighted by Crippen LogP contribution is -2.09. The van der Waals surface area contributed by atoms with E-state index in [4.69, 9.17) is 4.74 Å². The lowest BCUT2D eigenvalue weighted by molar-refractivity contribution is 0.339. The summed E-state index contributed by atoms with van der Waals surface area (Å²) in [4.78, 5) is 2.11. The first-order valence-electron chi connectivity index (χ1n) is 9.94. The third-order valence-electron chi connectivity index (χ3n) is 4.89. The van der Waals surface area contributed by atoms with Gasteiger partial charge in [0.25, 0.3) is 0 Å². The Balaban J connectivity index is 2.31. The highest BCUT2D eigenvalue weighted by molar-refractivity contribution is 6.00. The van der Waals surface area contributed by atoms with Gasteiger partial charge in [-0.3, -0.25) is 0 Å². The van der Waals surface area contributed by atoms with E-state index >= 15 is 0 Å². The molecule has 28 heavy (non-hydrogen) atoms. The van der Waals surface area contributed by atoms with Crippen LogP contribution < -0.4 is 9.64 Å². The monoisotopic (exact) mass is 371 g/mol. The van der Waals surface area contributed by atoms with E-state index in [1.165, 1.54) is 22.3 Å². The third-order valence-corrected chi connectivity index (χ3v) is 4.89. The molecule has 144 valence electrons. The number of anilines is 1. The molecule has 2 nitrogen and oxygen atoms in total. The number of rotatable bonds is 7. The van der Waals surface area contributed by atoms with Crippen molar-refractivity contribution >= 4 is 16.8 Å². The van der Waals surface area contributed by atoms with Gasteiger partial charge in [0, 0.05) is 31.4 Å². The Morgan fingerprint density at radius 3 is 1.93 bits per heavy atom. The molecular formula is C26H29NO. The van der Waals surface area contributed by atoms with Crippen LogP contribution in [-0.4, -0.2) is 20.7 Å². The minimum atomic E-state index is 0.638. The quantitative estimate of drug-likeness (QED) is 0.438. The Hall–Kier alpha value is -3.00. The maximum absolute atomic E-state index is 6.10. The standard InChI is InChI=1S/C26H29NO/c1-5-23(20-13-9-7-10-14-20)26(21-15-11-8-12-16-21)24-18-17-22(27(3)4)19-25(24)28-6-2/h7-19H,5-6H2,1-4H3. The fraction of sp³-hybridized carbons (Fsp3) is 0.231. The molecule has 0 saturated heterocycles. The Kier molecular flexibility index (Phi) is 6.54. The Morgan fingerprint density at radius 1 is 0.786 bits per heavy atom. The molecule has 0 radical (unpaired) electrons. The minimum absolute atomic E-state index is 0.638. The van der Waals surface area contributed by atoms with Gasteiger partial charge in [0.2, 0.25) is 0 Å². The summed E-state index contributed by atoms with van der Waals surface area (Å²) < 4.78 is 6.10. The van der Waals surface area contributed by atoms with E-state index in [-0.39, 0.29) is 0 Å². The summed E-state index contributed by atoms with van der Waals surface area (Å²) in [5, 5.41) is 0. The van der Waals surface area contributed by atoms with Gasteiger partial charge in [-0.15, -0.1) is 0 Å². The van der Waals surface area contributed by atoms with Crippen molar-refractivity contribution in [1.82, 2.24) is 0 Å². The SMILES string of the molecule is CCOc1cc(N(C)C)ccc1C(=C(CC)c1ccccc1)c1ccccc1. The van der Waals surface area contributed by atoms with Gasteiger partial charge in [0.05, 0.1) is 6.61 Å². The molecule has 0 saturated carbocycles. The summed E-state index contributed by atoms with van der Waals surface area (Å²) in [6, 6.07) is 27.8. The van der Waals surface area contributed by atoms with Gasteiger partial charge in [0.15, 0.2) is 0 Å². The number of nitrogens with zero attached hydrogens (tertiary/aromatic N) is 1. The minimum Gasteiger partial charge on any atom is -0.493 e. The van der Waals surface area contributed by atoms with E-state index in [2.05, 4.69) is 105 Å². The van der Waals surface area contributed by atoms with Crippen molar-refractivity contribution in [3.8, 4) is 5.75 Å². The van der Waals surface area contributed by atoms with Crippen molar-refractivity contribution < 1.29 is 4.74 Å². The number of benzene rings is 3. The average Bonchev–Trinajstić information content (AvgIpc) is 2.73. The molecule has 0 aliphatic heterocycles. The second-order valence-electron chi connectivity index (χ2n) is 6.95. The largest absolute Gasteiger partial charge is 0.493 e. The zero-order chi connectivity index (χ0) is 19.9. The van der Waals surface area contributed by atoms with E-state index in [1.54, 1.807) is 0 Å². The molecule has 0 bridgehead atoms. The molecule has 3 aromatic rings. The average molecular weight is 372 g/mol. The molecule has 0 atom stereocenters. The van der Waals surface area contributed by atoms with E-state index in [9.17, 15) is 0 Å². The molecule has 0 unspecified atom stereocenters. The Labute approximate surface area is 169 Å². The highest BCUT2D eigenvalue weighted by atomic mass is 16.5. The van der Waals surface area contributed by atoms with E-state index in [1.807, 2.05) is 6.92 Å². The van der Waals surface area contributed by atoms with Crippen LogP contribution in [0.15, 0.2) is 78.9 Å². The zero-order valence-corrected chi connectivity index (χ0v) is 17.3. The van der Waals surface area contributed by atoms with E-state index in [0.717, 1.165) is 23.4 Å². The van der Waals surface area contributed by atoms with Crippen LogP contribution in [0.1, 0.15) is 37.0 Å². The van der Waals surface area contributed by atoms with Crippen LogP contribution in [0.5, 0.6) is 5.75 Å². The fourth-order valence-corrected chi connectivity index (χ4v) is 3.53. The molecule has 2 heteroatoms. The van der Waals surface area contributed by atoms with E-state index in [0.29, 0.717) is 6.61 Å². The van der Waals surface area contributed by atoms with Gasteiger partial charge < -0.3 is 9.64 Å². The summed E-state index contributed by atoms with van der Waals surface area (Å²) >= 11 is 0. The smallest absolute Gasteiger partial charge is 0.129 e. The van der Waals surface area contributed by atoms with Gasteiger partial charge in [-0.05, 0) is 47.8 Å². The van der Waals surface area contributed by atoms with Crippen LogP contribution in [0.3, 0.4) is 0 Å². The Morgan fingerprint density at radius 2 is 1.39 bits per heavy atom. The van der Waals surface area contributed by atoms with Crippen LogP contribution in [0.2, 0.25) is 0 Å². The molecule has 0 N–H and O–H groups in total. The lowest BCUT2D eigenvalue weighted by Gasteiger charge is -2.21. The van der Waals surface area contributed by atoms with Gasteiger partial charge in [-0.25, -0.2) is 0 Å². The van der Waals surface area contributed by atoms with Crippen molar-refractivity contribution in [2.24, 2.45) is 0 Å². The van der Waals surface area contributed by atoms with Crippen LogP contribution in [-0.2, 0) is 0 Å². The highest BCUT2D eigenvalue weighted by Gasteiger charge is 2.17. The van der Waals surface area contributed by atoms with Crippen LogP contribution >= 0.6 is 0 Å². The lowest BCUT2D eigenvalue weighted by atomic mass is 9.87.